The summed E-state index contributed by atoms with van der Waals surface area (Å²) in [6, 6.07) is 2.65. The molecule has 0 radical (unpaired) electrons. The molecule has 0 aliphatic carbocycles. The molecule has 1 aliphatic heterocycles. The largest absolute Gasteiger partial charge is 0.480 e. The minimum Gasteiger partial charge on any atom is -0.480 e. The normalized spacial score (nSPS) is 18.6. The number of hydrogen-bond acceptors (Lipinski definition) is 5. The van der Waals surface area contributed by atoms with Crippen LogP contribution in [0.25, 0.3) is 6.08 Å². The molecule has 1 amide bonds. The molecule has 116 valence electrons. The molecule has 1 aliphatic rings. The number of carboxylic acid groups (broad SMARTS) is 1. The Morgan fingerprint density at radius 1 is 1.59 bits per heavy atom. The number of hydrogen-bond donors (Lipinski definition) is 1. The number of nitrogens with zero attached hydrogens (tertiary/aromatic N) is 1. The molecule has 2 rings (SSSR count). The number of carbonyl (C=O) groups excluding carboxylic acids is 1. The van der Waals surface area contributed by atoms with E-state index in [-0.39, 0.29) is 10.2 Å². The molecule has 1 aromatic heterocycles. The number of carboxylic acids is 1. The molecular weight excluding hydrogens is 322 g/mol. The van der Waals surface area contributed by atoms with Crippen LogP contribution in [0.2, 0.25) is 0 Å². The van der Waals surface area contributed by atoms with Crippen LogP contribution in [0.5, 0.6) is 0 Å². The van der Waals surface area contributed by atoms with E-state index in [9.17, 15) is 14.7 Å². The number of allylic oxidation sites excluding steroid dienone is 2. The van der Waals surface area contributed by atoms with E-state index in [1.54, 1.807) is 36.6 Å². The van der Waals surface area contributed by atoms with Crippen molar-refractivity contribution in [3.63, 3.8) is 0 Å². The Kier molecular flexibility index (Phi) is 5.57. The zero-order valence-electron chi connectivity index (χ0n) is 11.9. The van der Waals surface area contributed by atoms with Crippen molar-refractivity contribution in [2.24, 2.45) is 0 Å². The average molecular weight is 337 g/mol. The Hall–Kier alpha value is -1.86. The number of furan rings is 1. The highest BCUT2D eigenvalue weighted by atomic mass is 32.2. The van der Waals surface area contributed by atoms with Gasteiger partial charge in [-0.3, -0.25) is 9.69 Å². The molecule has 0 bridgehead atoms. The van der Waals surface area contributed by atoms with Gasteiger partial charge in [0.1, 0.15) is 16.1 Å². The average Bonchev–Trinajstić information content (AvgIpc) is 3.06. The maximum absolute atomic E-state index is 12.4. The molecule has 1 N–H and O–H groups in total. The fraction of sp³-hybridized carbons (Fsp3) is 0.267. The summed E-state index contributed by atoms with van der Waals surface area (Å²) in [5, 5.41) is 9.28. The van der Waals surface area contributed by atoms with E-state index in [1.165, 1.54) is 4.90 Å². The van der Waals surface area contributed by atoms with Crippen LogP contribution in [0.3, 0.4) is 0 Å². The Balaban J connectivity index is 2.15. The molecule has 5 nitrogen and oxygen atoms in total. The van der Waals surface area contributed by atoms with E-state index >= 15 is 0 Å². The first-order chi connectivity index (χ1) is 10.5. The maximum Gasteiger partial charge on any atom is 0.326 e. The first kappa shape index (κ1) is 16.5. The molecule has 0 saturated carbocycles. The maximum atomic E-state index is 12.4. The summed E-state index contributed by atoms with van der Waals surface area (Å²) in [7, 11) is 0. The third-order valence-corrected chi connectivity index (χ3v) is 4.38. The molecule has 7 heteroatoms. The smallest absolute Gasteiger partial charge is 0.326 e. The predicted molar refractivity (Wildman–Crippen MR) is 89.2 cm³/mol. The van der Waals surface area contributed by atoms with Crippen LogP contribution in [0.4, 0.5) is 0 Å². The minimum absolute atomic E-state index is 0.281. The Morgan fingerprint density at radius 2 is 2.36 bits per heavy atom. The van der Waals surface area contributed by atoms with Gasteiger partial charge in [0.25, 0.3) is 5.91 Å². The van der Waals surface area contributed by atoms with Gasteiger partial charge in [-0.25, -0.2) is 4.79 Å². The minimum atomic E-state index is -1.04. The van der Waals surface area contributed by atoms with Crippen molar-refractivity contribution in [3.8, 4) is 0 Å². The second kappa shape index (κ2) is 7.42. The summed E-state index contributed by atoms with van der Waals surface area (Å²) < 4.78 is 5.43. The van der Waals surface area contributed by atoms with Crippen molar-refractivity contribution in [1.82, 2.24) is 4.90 Å². The van der Waals surface area contributed by atoms with Gasteiger partial charge in [-0.2, -0.15) is 0 Å². The Morgan fingerprint density at radius 3 is 2.95 bits per heavy atom. The molecule has 1 atom stereocenters. The number of thioether (sulfide) groups is 1. The van der Waals surface area contributed by atoms with E-state index in [2.05, 4.69) is 0 Å². The van der Waals surface area contributed by atoms with E-state index in [0.717, 1.165) is 11.8 Å². The van der Waals surface area contributed by atoms with Crippen LogP contribution in [0, 0.1) is 0 Å². The number of carbonyl (C=O) groups is 2. The van der Waals surface area contributed by atoms with Crippen molar-refractivity contribution >= 4 is 46.3 Å². The highest BCUT2D eigenvalue weighted by molar-refractivity contribution is 8.26. The molecule has 22 heavy (non-hydrogen) atoms. The van der Waals surface area contributed by atoms with Gasteiger partial charge in [0.15, 0.2) is 0 Å². The summed E-state index contributed by atoms with van der Waals surface area (Å²) in [4.78, 5) is 25.3. The van der Waals surface area contributed by atoms with Crippen LogP contribution in [0.15, 0.2) is 39.9 Å². The van der Waals surface area contributed by atoms with Crippen LogP contribution < -0.4 is 0 Å². The zero-order chi connectivity index (χ0) is 16.1. The van der Waals surface area contributed by atoms with Crippen molar-refractivity contribution in [3.05, 3.63) is 41.2 Å². The Labute approximate surface area is 137 Å². The topological polar surface area (TPSA) is 70.8 Å². The number of amides is 1. The third-order valence-electron chi connectivity index (χ3n) is 3.03. The molecular formula is C15H15NO4S2. The van der Waals surface area contributed by atoms with Gasteiger partial charge in [0, 0.05) is 0 Å². The lowest BCUT2D eigenvalue weighted by Gasteiger charge is -2.22. The summed E-state index contributed by atoms with van der Waals surface area (Å²) in [5.74, 6) is -0.730. The number of thiocarbonyl (C=S) groups is 1. The lowest BCUT2D eigenvalue weighted by molar-refractivity contribution is -0.145. The van der Waals surface area contributed by atoms with Gasteiger partial charge >= 0.3 is 5.97 Å². The van der Waals surface area contributed by atoms with Crippen molar-refractivity contribution in [1.29, 1.82) is 0 Å². The SMILES string of the molecule is CCC[C@H](C(=O)O)N1C(=O)/C(=C\C=C\c2ccco2)SC1=S. The monoisotopic (exact) mass is 337 g/mol. The predicted octanol–water partition coefficient (Wildman–Crippen LogP) is 3.29. The standard InChI is InChI=1S/C15H15NO4S2/c1-2-5-11(14(18)19)16-13(17)12(22-15(16)21)8-3-6-10-7-4-9-20-10/h3-4,6-9,11H,2,5H2,1H3,(H,18,19)/b6-3+,12-8+/t11-/m1/s1. The molecule has 1 saturated heterocycles. The van der Waals surface area contributed by atoms with Crippen molar-refractivity contribution < 1.29 is 19.1 Å². The van der Waals surface area contributed by atoms with Crippen LogP contribution in [-0.4, -0.2) is 32.2 Å². The Bertz CT molecular complexity index is 634. The van der Waals surface area contributed by atoms with E-state index in [4.69, 9.17) is 16.6 Å². The first-order valence-corrected chi connectivity index (χ1v) is 7.97. The quantitative estimate of drug-likeness (QED) is 0.634. The highest BCUT2D eigenvalue weighted by Gasteiger charge is 2.39. The second-order valence-electron chi connectivity index (χ2n) is 4.59. The molecule has 0 unspecified atom stereocenters. The van der Waals surface area contributed by atoms with Gasteiger partial charge in [0.05, 0.1) is 11.2 Å². The van der Waals surface area contributed by atoms with E-state index in [1.807, 2.05) is 6.92 Å². The molecule has 1 fully saturated rings. The fourth-order valence-electron chi connectivity index (χ4n) is 2.02. The van der Waals surface area contributed by atoms with Gasteiger partial charge in [0.2, 0.25) is 0 Å². The van der Waals surface area contributed by atoms with Gasteiger partial charge in [-0.15, -0.1) is 0 Å². The summed E-state index contributed by atoms with van der Waals surface area (Å²) >= 11 is 6.27. The van der Waals surface area contributed by atoms with Crippen LogP contribution >= 0.6 is 24.0 Å². The third kappa shape index (κ3) is 3.66. The molecule has 2 heterocycles. The van der Waals surface area contributed by atoms with E-state index in [0.29, 0.717) is 23.5 Å². The molecule has 1 aromatic rings. The van der Waals surface area contributed by atoms with Crippen molar-refractivity contribution in [2.45, 2.75) is 25.8 Å². The van der Waals surface area contributed by atoms with Gasteiger partial charge in [-0.1, -0.05) is 43.4 Å². The number of aliphatic carboxylic acids is 1. The fourth-order valence-corrected chi connectivity index (χ4v) is 3.32. The summed E-state index contributed by atoms with van der Waals surface area (Å²) in [5.41, 5.74) is 0. The van der Waals surface area contributed by atoms with Crippen LogP contribution in [-0.2, 0) is 9.59 Å². The van der Waals surface area contributed by atoms with E-state index < -0.39 is 12.0 Å². The van der Waals surface area contributed by atoms with Crippen molar-refractivity contribution in [2.75, 3.05) is 0 Å². The highest BCUT2D eigenvalue weighted by Crippen LogP contribution is 2.33. The lowest BCUT2D eigenvalue weighted by Crippen LogP contribution is -2.43. The molecule has 0 aromatic carbocycles. The molecule has 0 spiro atoms. The lowest BCUT2D eigenvalue weighted by atomic mass is 10.1. The second-order valence-corrected chi connectivity index (χ2v) is 6.27. The zero-order valence-corrected chi connectivity index (χ0v) is 13.5. The summed E-state index contributed by atoms with van der Waals surface area (Å²) in [6.45, 7) is 1.87. The number of rotatable bonds is 6. The van der Waals surface area contributed by atoms with Gasteiger partial charge in [-0.05, 0) is 30.7 Å². The first-order valence-electron chi connectivity index (χ1n) is 6.74. The van der Waals surface area contributed by atoms with Crippen LogP contribution in [0.1, 0.15) is 25.5 Å². The summed E-state index contributed by atoms with van der Waals surface area (Å²) in [6.07, 6.45) is 7.60. The van der Waals surface area contributed by atoms with Gasteiger partial charge < -0.3 is 9.52 Å².